The summed E-state index contributed by atoms with van der Waals surface area (Å²) in [6.45, 7) is -0.229. The Balaban J connectivity index is 1.85. The number of aliphatic hydroxyl groups is 1. The molecule has 0 aromatic heterocycles. The van der Waals surface area contributed by atoms with Crippen molar-refractivity contribution in [1.82, 2.24) is 0 Å². The van der Waals surface area contributed by atoms with E-state index in [0.29, 0.717) is 11.5 Å². The van der Waals surface area contributed by atoms with Crippen LogP contribution in [0.3, 0.4) is 0 Å². The lowest BCUT2D eigenvalue weighted by Crippen LogP contribution is -2.36. The molecule has 0 unspecified atom stereocenters. The summed E-state index contributed by atoms with van der Waals surface area (Å²) in [6.07, 6.45) is 1.84. The number of methoxy groups -OCH3 is 1. The zero-order chi connectivity index (χ0) is 17.8. The normalized spacial score (nSPS) is 19.0. The minimum atomic E-state index is -0.586. The molecule has 2 aromatic rings. The molecule has 0 fully saturated rings. The molecule has 0 spiro atoms. The monoisotopic (exact) mass is 342 g/mol. The number of phenolic OH excluding ortho intramolecular Hbond substituents is 1. The predicted molar refractivity (Wildman–Crippen MR) is 90.5 cm³/mol. The first-order valence-electron chi connectivity index (χ1n) is 7.74. The van der Waals surface area contributed by atoms with Crippen LogP contribution in [-0.2, 0) is 9.53 Å². The molecule has 3 rings (SSSR count). The summed E-state index contributed by atoms with van der Waals surface area (Å²) in [5, 5.41) is 19.1. The molecular formula is C19H18O6. The van der Waals surface area contributed by atoms with Crippen LogP contribution in [0, 0.1) is 0 Å². The van der Waals surface area contributed by atoms with Crippen molar-refractivity contribution in [1.29, 1.82) is 0 Å². The number of aliphatic hydroxyl groups excluding tert-OH is 1. The maximum atomic E-state index is 11.2. The van der Waals surface area contributed by atoms with E-state index in [1.807, 2.05) is 0 Å². The van der Waals surface area contributed by atoms with E-state index in [1.54, 1.807) is 48.5 Å². The quantitative estimate of drug-likeness (QED) is 0.656. The van der Waals surface area contributed by atoms with Gasteiger partial charge in [-0.3, -0.25) is 0 Å². The summed E-state index contributed by atoms with van der Waals surface area (Å²) in [6, 6.07) is 11.8. The lowest BCUT2D eigenvalue weighted by atomic mass is 10.0. The van der Waals surface area contributed by atoms with Crippen LogP contribution in [0.4, 0.5) is 0 Å². The number of carbonyl (C=O) groups excluding carboxylic acids is 1. The van der Waals surface area contributed by atoms with Gasteiger partial charge in [0.05, 0.1) is 13.7 Å². The standard InChI is InChI=1S/C19H18O6/c1-23-18(22)9-3-12-2-8-15-16(10-12)24-17(11-20)19(25-15)13-4-6-14(21)7-5-13/h2-10,17,19-21H,11H2,1H3/b9-3+/t17-,19+/m0/s1. The fourth-order valence-corrected chi connectivity index (χ4v) is 2.57. The van der Waals surface area contributed by atoms with Crippen molar-refractivity contribution in [2.75, 3.05) is 13.7 Å². The first kappa shape index (κ1) is 16.9. The molecule has 1 aliphatic rings. The number of benzene rings is 2. The van der Waals surface area contributed by atoms with Crippen LogP contribution in [-0.4, -0.2) is 36.0 Å². The molecule has 130 valence electrons. The number of hydrogen-bond acceptors (Lipinski definition) is 6. The van der Waals surface area contributed by atoms with Crippen molar-refractivity contribution in [3.63, 3.8) is 0 Å². The molecule has 2 N–H and O–H groups in total. The Labute approximate surface area is 144 Å². The van der Waals surface area contributed by atoms with Crippen LogP contribution < -0.4 is 9.47 Å². The second-order valence-corrected chi connectivity index (χ2v) is 5.53. The van der Waals surface area contributed by atoms with Crippen LogP contribution >= 0.6 is 0 Å². The van der Waals surface area contributed by atoms with E-state index in [4.69, 9.17) is 9.47 Å². The highest BCUT2D eigenvalue weighted by molar-refractivity contribution is 5.87. The highest BCUT2D eigenvalue weighted by atomic mass is 16.6. The van der Waals surface area contributed by atoms with Crippen molar-refractivity contribution in [3.8, 4) is 17.2 Å². The van der Waals surface area contributed by atoms with Gasteiger partial charge in [-0.15, -0.1) is 0 Å². The highest BCUT2D eigenvalue weighted by Crippen LogP contribution is 2.40. The van der Waals surface area contributed by atoms with E-state index in [2.05, 4.69) is 4.74 Å². The van der Waals surface area contributed by atoms with Gasteiger partial charge in [-0.25, -0.2) is 4.79 Å². The minimum absolute atomic E-state index is 0.156. The van der Waals surface area contributed by atoms with Crippen molar-refractivity contribution < 1.29 is 29.2 Å². The number of ether oxygens (including phenoxy) is 3. The van der Waals surface area contributed by atoms with Crippen LogP contribution in [0.25, 0.3) is 6.08 Å². The van der Waals surface area contributed by atoms with Gasteiger partial charge in [0, 0.05) is 6.08 Å². The Bertz CT molecular complexity index is 781. The van der Waals surface area contributed by atoms with Crippen molar-refractivity contribution >= 4 is 12.0 Å². The Morgan fingerprint density at radius 2 is 1.92 bits per heavy atom. The van der Waals surface area contributed by atoms with E-state index in [-0.39, 0.29) is 12.4 Å². The largest absolute Gasteiger partial charge is 0.508 e. The molecule has 0 bridgehead atoms. The van der Waals surface area contributed by atoms with E-state index in [9.17, 15) is 15.0 Å². The Kier molecular flexibility index (Phi) is 4.90. The van der Waals surface area contributed by atoms with Gasteiger partial charge < -0.3 is 24.4 Å². The predicted octanol–water partition coefficient (Wildman–Crippen LogP) is 2.45. The molecule has 0 saturated carbocycles. The summed E-state index contributed by atoms with van der Waals surface area (Å²) >= 11 is 0. The molecule has 25 heavy (non-hydrogen) atoms. The van der Waals surface area contributed by atoms with Crippen molar-refractivity contribution in [2.24, 2.45) is 0 Å². The smallest absolute Gasteiger partial charge is 0.330 e. The second-order valence-electron chi connectivity index (χ2n) is 5.53. The average Bonchev–Trinajstić information content (AvgIpc) is 2.65. The van der Waals surface area contributed by atoms with Crippen LogP contribution in [0.5, 0.6) is 17.2 Å². The Morgan fingerprint density at radius 3 is 2.60 bits per heavy atom. The first-order valence-corrected chi connectivity index (χ1v) is 7.74. The lowest BCUT2D eigenvalue weighted by Gasteiger charge is -2.33. The van der Waals surface area contributed by atoms with E-state index < -0.39 is 18.2 Å². The van der Waals surface area contributed by atoms with Crippen LogP contribution in [0.15, 0.2) is 48.5 Å². The lowest BCUT2D eigenvalue weighted by molar-refractivity contribution is -0.134. The van der Waals surface area contributed by atoms with E-state index in [0.717, 1.165) is 11.1 Å². The number of aromatic hydroxyl groups is 1. The fourth-order valence-electron chi connectivity index (χ4n) is 2.57. The van der Waals surface area contributed by atoms with Gasteiger partial charge in [-0.1, -0.05) is 18.2 Å². The molecule has 1 aliphatic heterocycles. The van der Waals surface area contributed by atoms with Crippen LogP contribution in [0.2, 0.25) is 0 Å². The fraction of sp³-hybridized carbons (Fsp3) is 0.211. The molecule has 2 atom stereocenters. The van der Waals surface area contributed by atoms with Gasteiger partial charge >= 0.3 is 5.97 Å². The van der Waals surface area contributed by atoms with E-state index >= 15 is 0 Å². The molecule has 6 nitrogen and oxygen atoms in total. The Hall–Kier alpha value is -2.99. The van der Waals surface area contributed by atoms with Crippen molar-refractivity contribution in [2.45, 2.75) is 12.2 Å². The summed E-state index contributed by atoms with van der Waals surface area (Å²) in [4.78, 5) is 11.2. The summed E-state index contributed by atoms with van der Waals surface area (Å²) < 4.78 is 16.4. The van der Waals surface area contributed by atoms with Gasteiger partial charge in [0.25, 0.3) is 0 Å². The molecule has 0 radical (unpaired) electrons. The van der Waals surface area contributed by atoms with Gasteiger partial charge in [-0.2, -0.15) is 0 Å². The zero-order valence-corrected chi connectivity index (χ0v) is 13.6. The molecule has 0 aliphatic carbocycles. The van der Waals surface area contributed by atoms with Gasteiger partial charge in [0.2, 0.25) is 0 Å². The summed E-state index contributed by atoms with van der Waals surface area (Å²) in [5.41, 5.74) is 1.53. The average molecular weight is 342 g/mol. The topological polar surface area (TPSA) is 85.2 Å². The molecular weight excluding hydrogens is 324 g/mol. The van der Waals surface area contributed by atoms with Crippen molar-refractivity contribution in [3.05, 3.63) is 59.7 Å². The molecule has 0 saturated heterocycles. The van der Waals surface area contributed by atoms with E-state index in [1.165, 1.54) is 13.2 Å². The van der Waals surface area contributed by atoms with Gasteiger partial charge in [0.15, 0.2) is 23.7 Å². The number of carbonyl (C=O) groups is 1. The maximum absolute atomic E-state index is 11.2. The summed E-state index contributed by atoms with van der Waals surface area (Å²) in [7, 11) is 1.31. The van der Waals surface area contributed by atoms with Gasteiger partial charge in [0.1, 0.15) is 5.75 Å². The minimum Gasteiger partial charge on any atom is -0.508 e. The molecule has 1 heterocycles. The third kappa shape index (κ3) is 3.75. The third-order valence-corrected chi connectivity index (χ3v) is 3.85. The number of esters is 1. The first-order chi connectivity index (χ1) is 12.1. The Morgan fingerprint density at radius 1 is 1.16 bits per heavy atom. The number of hydrogen-bond donors (Lipinski definition) is 2. The number of phenols is 1. The number of fused-ring (bicyclic) bond motifs is 1. The second kappa shape index (κ2) is 7.27. The highest BCUT2D eigenvalue weighted by Gasteiger charge is 2.32. The van der Waals surface area contributed by atoms with Gasteiger partial charge in [-0.05, 0) is 41.5 Å². The van der Waals surface area contributed by atoms with Crippen LogP contribution in [0.1, 0.15) is 17.2 Å². The summed E-state index contributed by atoms with van der Waals surface area (Å²) in [5.74, 6) is 0.734. The molecule has 0 amide bonds. The number of rotatable bonds is 4. The third-order valence-electron chi connectivity index (χ3n) is 3.85. The molecule has 2 aromatic carbocycles. The SMILES string of the molecule is COC(=O)/C=C/c1ccc2c(c1)O[C@@H](CO)[C@@H](c1ccc(O)cc1)O2. The maximum Gasteiger partial charge on any atom is 0.330 e. The molecule has 6 heteroatoms. The zero-order valence-electron chi connectivity index (χ0n) is 13.6.